The Morgan fingerprint density at radius 3 is 2.72 bits per heavy atom. The van der Waals surface area contributed by atoms with Crippen LogP contribution in [0, 0.1) is 16.6 Å². The first kappa shape index (κ1) is 33.9. The summed E-state index contributed by atoms with van der Waals surface area (Å²) < 4.78 is 48.6. The van der Waals surface area contributed by atoms with E-state index >= 15 is 4.39 Å². The van der Waals surface area contributed by atoms with Gasteiger partial charge < -0.3 is 25.6 Å². The molecule has 0 aliphatic carbocycles. The van der Waals surface area contributed by atoms with Crippen LogP contribution in [0.1, 0.15) is 80.7 Å². The number of benzene rings is 3. The van der Waals surface area contributed by atoms with Crippen molar-refractivity contribution in [3.05, 3.63) is 107 Å². The standard InChI is InChI=1S/C37H42FN3O5S/c1-24(19-35(42)43)25-7-4-9-27(20-25)33-11-6-15-37(2,3)23-47(44,45)18-14-30-29-12-16-41-34(29)22-31(38)36(30)46-28-10-5-8-26(21-28)32(39)13-17-40-33/h4-5,7-10,12-13,16-17,20-22,24,33,39-41H,6,11,14-15,18-19,23H2,1-3H3,(H,42,43)/b17-13-,39-32?. The number of carboxylic acids is 1. The zero-order valence-corrected chi connectivity index (χ0v) is 27.8. The summed E-state index contributed by atoms with van der Waals surface area (Å²) in [5.41, 5.74) is 3.23. The third-order valence-corrected chi connectivity index (χ3v) is 10.8. The number of aromatic nitrogens is 1. The predicted octanol–water partition coefficient (Wildman–Crippen LogP) is 8.06. The molecule has 4 aromatic rings. The molecule has 5 rings (SSSR count). The summed E-state index contributed by atoms with van der Waals surface area (Å²) in [5.74, 6) is -1.48. The second-order valence-electron chi connectivity index (χ2n) is 13.3. The van der Waals surface area contributed by atoms with E-state index in [1.54, 1.807) is 48.8 Å². The molecule has 4 N–H and O–H groups in total. The molecule has 8 nitrogen and oxygen atoms in total. The van der Waals surface area contributed by atoms with Crippen molar-refractivity contribution in [3.8, 4) is 11.5 Å². The van der Waals surface area contributed by atoms with Crippen LogP contribution >= 0.6 is 0 Å². The van der Waals surface area contributed by atoms with Gasteiger partial charge in [0.2, 0.25) is 0 Å². The van der Waals surface area contributed by atoms with Crippen molar-refractivity contribution in [2.45, 2.75) is 64.8 Å². The Hall–Kier alpha value is -4.44. The Kier molecular flexibility index (Phi) is 10.2. The van der Waals surface area contributed by atoms with E-state index in [2.05, 4.69) is 10.3 Å². The first-order valence-electron chi connectivity index (χ1n) is 15.9. The van der Waals surface area contributed by atoms with E-state index in [4.69, 9.17) is 10.1 Å². The normalized spacial score (nSPS) is 20.0. The van der Waals surface area contributed by atoms with Crippen LogP contribution in [-0.4, -0.2) is 41.7 Å². The molecule has 0 fully saturated rings. The summed E-state index contributed by atoms with van der Waals surface area (Å²) in [4.78, 5) is 14.4. The minimum atomic E-state index is -3.52. The SMILES string of the molecule is CC(CC(=O)O)c1cccc(C2CCCC(C)(C)CS(=O)(=O)CCc3c(c(F)cc4[nH]ccc34)Oc3cccc(c3)C(=N)/C=C\N2)c1. The number of nitrogens with one attached hydrogen (secondary N) is 3. The molecule has 2 atom stereocenters. The summed E-state index contributed by atoms with van der Waals surface area (Å²) in [5, 5.41) is 22.2. The maximum atomic E-state index is 15.5. The number of allylic oxidation sites excluding steroid dienone is 1. The number of carboxylic acid groups (broad SMARTS) is 1. The molecule has 3 aromatic carbocycles. The lowest BCUT2D eigenvalue weighted by atomic mass is 9.87. The lowest BCUT2D eigenvalue weighted by molar-refractivity contribution is -0.137. The largest absolute Gasteiger partial charge is 0.481 e. The number of halogens is 1. The first-order chi connectivity index (χ1) is 22.3. The molecule has 10 heteroatoms. The Morgan fingerprint density at radius 2 is 1.94 bits per heavy atom. The molecule has 2 bridgehead atoms. The fraction of sp³-hybridized carbons (Fsp3) is 0.351. The van der Waals surface area contributed by atoms with Crippen molar-refractivity contribution in [2.24, 2.45) is 5.41 Å². The quantitative estimate of drug-likeness (QED) is 0.175. The van der Waals surface area contributed by atoms with Crippen LogP contribution in [0.3, 0.4) is 0 Å². The third kappa shape index (κ3) is 8.68. The van der Waals surface area contributed by atoms with Crippen molar-refractivity contribution in [1.29, 1.82) is 5.41 Å². The molecule has 1 aromatic heterocycles. The highest BCUT2D eigenvalue weighted by Crippen LogP contribution is 2.36. The van der Waals surface area contributed by atoms with Gasteiger partial charge in [-0.25, -0.2) is 12.8 Å². The van der Waals surface area contributed by atoms with Crippen molar-refractivity contribution < 1.29 is 27.4 Å². The van der Waals surface area contributed by atoms with Gasteiger partial charge >= 0.3 is 5.97 Å². The van der Waals surface area contributed by atoms with Gasteiger partial charge in [-0.05, 0) is 72.2 Å². The first-order valence-corrected chi connectivity index (χ1v) is 17.7. The second-order valence-corrected chi connectivity index (χ2v) is 15.5. The summed E-state index contributed by atoms with van der Waals surface area (Å²) in [7, 11) is -3.52. The fourth-order valence-electron chi connectivity index (χ4n) is 6.36. The van der Waals surface area contributed by atoms with E-state index in [0.717, 1.165) is 17.5 Å². The smallest absolute Gasteiger partial charge is 0.303 e. The molecule has 1 aliphatic heterocycles. The van der Waals surface area contributed by atoms with E-state index in [1.165, 1.54) is 6.07 Å². The van der Waals surface area contributed by atoms with Crippen LogP contribution in [0.5, 0.6) is 11.5 Å². The average Bonchev–Trinajstić information content (AvgIpc) is 3.47. The molecular weight excluding hydrogens is 617 g/mol. The molecule has 2 heterocycles. The van der Waals surface area contributed by atoms with Gasteiger partial charge in [-0.2, -0.15) is 0 Å². The minimum absolute atomic E-state index is 0.0127. The van der Waals surface area contributed by atoms with Crippen molar-refractivity contribution in [3.63, 3.8) is 0 Å². The maximum Gasteiger partial charge on any atom is 0.303 e. The number of carbonyl (C=O) groups is 1. The molecule has 2 unspecified atom stereocenters. The van der Waals surface area contributed by atoms with Gasteiger partial charge in [0.1, 0.15) is 5.75 Å². The van der Waals surface area contributed by atoms with Gasteiger partial charge in [0.25, 0.3) is 0 Å². The van der Waals surface area contributed by atoms with Crippen LogP contribution in [-0.2, 0) is 21.1 Å². The van der Waals surface area contributed by atoms with Gasteiger partial charge in [0, 0.05) is 34.3 Å². The van der Waals surface area contributed by atoms with Gasteiger partial charge in [-0.1, -0.05) is 63.6 Å². The lowest BCUT2D eigenvalue weighted by Crippen LogP contribution is -2.27. The summed E-state index contributed by atoms with van der Waals surface area (Å²) >= 11 is 0. The van der Waals surface area contributed by atoms with E-state index in [-0.39, 0.29) is 47.8 Å². The topological polar surface area (TPSA) is 132 Å². The number of aliphatic carboxylic acids is 1. The minimum Gasteiger partial charge on any atom is -0.481 e. The van der Waals surface area contributed by atoms with Crippen LogP contribution in [0.2, 0.25) is 0 Å². The zero-order valence-electron chi connectivity index (χ0n) is 27.0. The second kappa shape index (κ2) is 14.1. The highest BCUT2D eigenvalue weighted by molar-refractivity contribution is 7.91. The third-order valence-electron chi connectivity index (χ3n) is 8.76. The number of aromatic amines is 1. The van der Waals surface area contributed by atoms with Gasteiger partial charge in [-0.3, -0.25) is 4.79 Å². The monoisotopic (exact) mass is 659 g/mol. The number of fused-ring (bicyclic) bond motifs is 5. The molecule has 0 saturated heterocycles. The number of H-pyrrole nitrogens is 1. The number of hydrogen-bond donors (Lipinski definition) is 4. The summed E-state index contributed by atoms with van der Waals surface area (Å²) in [6.07, 6.45) is 7.27. The van der Waals surface area contributed by atoms with Gasteiger partial charge in [0.05, 0.1) is 29.7 Å². The number of sulfone groups is 1. The number of aryl methyl sites for hydroxylation is 1. The highest BCUT2D eigenvalue weighted by Gasteiger charge is 2.28. The number of rotatable bonds is 4. The molecule has 248 valence electrons. The van der Waals surface area contributed by atoms with E-state index in [1.807, 2.05) is 45.0 Å². The molecule has 0 amide bonds. The van der Waals surface area contributed by atoms with Crippen LogP contribution in [0.25, 0.3) is 10.9 Å². The van der Waals surface area contributed by atoms with Crippen molar-refractivity contribution in [2.75, 3.05) is 11.5 Å². The summed E-state index contributed by atoms with van der Waals surface area (Å²) in [6.45, 7) is 5.81. The van der Waals surface area contributed by atoms with Crippen LogP contribution < -0.4 is 10.1 Å². The Bertz CT molecular complexity index is 1910. The lowest BCUT2D eigenvalue weighted by Gasteiger charge is -2.26. The zero-order chi connectivity index (χ0) is 33.8. The predicted molar refractivity (Wildman–Crippen MR) is 184 cm³/mol. The van der Waals surface area contributed by atoms with Gasteiger partial charge in [0.15, 0.2) is 21.4 Å². The van der Waals surface area contributed by atoms with E-state index in [0.29, 0.717) is 40.6 Å². The van der Waals surface area contributed by atoms with Crippen molar-refractivity contribution in [1.82, 2.24) is 10.3 Å². The Labute approximate surface area is 275 Å². The van der Waals surface area contributed by atoms with Gasteiger partial charge in [-0.15, -0.1) is 0 Å². The summed E-state index contributed by atoms with van der Waals surface area (Å²) in [6, 6.07) is 17.7. The highest BCUT2D eigenvalue weighted by atomic mass is 32.2. The molecule has 0 radical (unpaired) electrons. The average molecular weight is 660 g/mol. The maximum absolute atomic E-state index is 15.5. The van der Waals surface area contributed by atoms with Crippen molar-refractivity contribution >= 4 is 32.4 Å². The number of ether oxygens (including phenoxy) is 1. The van der Waals surface area contributed by atoms with Crippen LogP contribution in [0.15, 0.2) is 79.1 Å². The molecule has 1 aliphatic rings. The number of hydrogen-bond acceptors (Lipinski definition) is 6. The molecular formula is C37H42FN3O5S. The Balaban J connectivity index is 1.49. The van der Waals surface area contributed by atoms with E-state index in [9.17, 15) is 18.3 Å². The van der Waals surface area contributed by atoms with E-state index < -0.39 is 27.0 Å². The fourth-order valence-corrected chi connectivity index (χ4v) is 8.36. The molecule has 0 spiro atoms. The molecule has 0 saturated carbocycles. The Morgan fingerprint density at radius 1 is 1.15 bits per heavy atom. The molecule has 47 heavy (non-hydrogen) atoms. The van der Waals surface area contributed by atoms with Crippen LogP contribution in [0.4, 0.5) is 4.39 Å².